The number of esters is 2. The van der Waals surface area contributed by atoms with E-state index < -0.39 is 22.5 Å². The van der Waals surface area contributed by atoms with Crippen molar-refractivity contribution in [1.82, 2.24) is 9.97 Å². The summed E-state index contributed by atoms with van der Waals surface area (Å²) in [6.07, 6.45) is 1.13. The van der Waals surface area contributed by atoms with Crippen LogP contribution >= 0.6 is 11.6 Å². The Bertz CT molecular complexity index is 1190. The van der Waals surface area contributed by atoms with Crippen LogP contribution in [0.5, 0.6) is 0 Å². The second kappa shape index (κ2) is 10.4. The third kappa shape index (κ3) is 5.52. The van der Waals surface area contributed by atoms with E-state index in [-0.39, 0.29) is 35.0 Å². The lowest BCUT2D eigenvalue weighted by Crippen LogP contribution is -2.10. The molecule has 0 saturated heterocycles. The zero-order valence-electron chi connectivity index (χ0n) is 17.5. The second-order valence-corrected chi connectivity index (χ2v) is 6.94. The van der Waals surface area contributed by atoms with Gasteiger partial charge in [0, 0.05) is 17.3 Å². The Morgan fingerprint density at radius 1 is 1.03 bits per heavy atom. The lowest BCUT2D eigenvalue weighted by atomic mass is 10.1. The summed E-state index contributed by atoms with van der Waals surface area (Å²) in [5.41, 5.74) is 0.535. The fraction of sp³-hybridized carbons (Fsp3) is 0.143. The van der Waals surface area contributed by atoms with Crippen LogP contribution < -0.4 is 10.6 Å². The molecule has 11 nitrogen and oxygen atoms in total. The third-order valence-corrected chi connectivity index (χ3v) is 4.82. The third-order valence-electron chi connectivity index (χ3n) is 4.45. The van der Waals surface area contributed by atoms with Gasteiger partial charge < -0.3 is 20.1 Å². The van der Waals surface area contributed by atoms with E-state index >= 15 is 0 Å². The van der Waals surface area contributed by atoms with Gasteiger partial charge in [-0.05, 0) is 29.8 Å². The highest BCUT2D eigenvalue weighted by Gasteiger charge is 2.24. The molecule has 0 spiro atoms. The number of aromatic nitrogens is 2. The van der Waals surface area contributed by atoms with Crippen molar-refractivity contribution in [2.75, 3.05) is 24.9 Å². The van der Waals surface area contributed by atoms with Crippen molar-refractivity contribution in [1.29, 1.82) is 0 Å². The maximum atomic E-state index is 12.0. The summed E-state index contributed by atoms with van der Waals surface area (Å²) in [6, 6.07) is 11.0. The molecule has 2 N–H and O–H groups in total. The molecule has 33 heavy (non-hydrogen) atoms. The molecule has 1 aromatic heterocycles. The second-order valence-electron chi connectivity index (χ2n) is 6.53. The summed E-state index contributed by atoms with van der Waals surface area (Å²) in [7, 11) is 2.37. The average molecular weight is 472 g/mol. The zero-order chi connectivity index (χ0) is 24.0. The van der Waals surface area contributed by atoms with Gasteiger partial charge in [-0.15, -0.1) is 0 Å². The minimum atomic E-state index is -0.705. The summed E-state index contributed by atoms with van der Waals surface area (Å²) < 4.78 is 9.40. The molecule has 0 aliphatic carbocycles. The number of hydrogen-bond acceptors (Lipinski definition) is 10. The van der Waals surface area contributed by atoms with Crippen molar-refractivity contribution in [3.63, 3.8) is 0 Å². The molecule has 3 rings (SSSR count). The van der Waals surface area contributed by atoms with Crippen LogP contribution in [0.3, 0.4) is 0 Å². The summed E-state index contributed by atoms with van der Waals surface area (Å²) in [5.74, 6) is -1.62. The SMILES string of the molecule is COC(=O)c1cc(Nc2ncnc(NCc3ccccc3Cl)c2[N+](=O)[O-])cc(C(=O)OC)c1. The molecule has 0 bridgehead atoms. The Hall–Kier alpha value is -4.25. The van der Waals surface area contributed by atoms with Gasteiger partial charge >= 0.3 is 17.6 Å². The first-order valence-corrected chi connectivity index (χ1v) is 9.77. The van der Waals surface area contributed by atoms with Crippen molar-refractivity contribution in [2.24, 2.45) is 0 Å². The van der Waals surface area contributed by atoms with Crippen molar-refractivity contribution >= 4 is 46.6 Å². The van der Waals surface area contributed by atoms with Crippen LogP contribution in [0.2, 0.25) is 5.02 Å². The summed E-state index contributed by atoms with van der Waals surface area (Å²) in [4.78, 5) is 43.1. The fourth-order valence-electron chi connectivity index (χ4n) is 2.90. The van der Waals surface area contributed by atoms with E-state index in [4.69, 9.17) is 21.1 Å². The van der Waals surface area contributed by atoms with E-state index in [1.165, 1.54) is 32.4 Å². The molecule has 0 aliphatic heterocycles. The summed E-state index contributed by atoms with van der Waals surface area (Å²) in [6.45, 7) is 0.182. The standard InChI is InChI=1S/C21H18ClN5O6/c1-32-20(28)13-7-14(21(29)33-2)9-15(8-13)26-19-17(27(30)31)18(24-11-25-19)23-10-12-5-3-4-6-16(12)22/h3-9,11H,10H2,1-2H3,(H2,23,24,25,26). The van der Waals surface area contributed by atoms with E-state index in [9.17, 15) is 19.7 Å². The Morgan fingerprint density at radius 3 is 2.21 bits per heavy atom. The maximum Gasteiger partial charge on any atom is 0.353 e. The molecule has 170 valence electrons. The Kier molecular flexibility index (Phi) is 7.36. The molecule has 12 heteroatoms. The van der Waals surface area contributed by atoms with Crippen LogP contribution in [-0.4, -0.2) is 41.0 Å². The summed E-state index contributed by atoms with van der Waals surface area (Å²) >= 11 is 6.14. The highest BCUT2D eigenvalue weighted by atomic mass is 35.5. The molecule has 0 radical (unpaired) electrons. The minimum Gasteiger partial charge on any atom is -0.465 e. The van der Waals surface area contributed by atoms with Gasteiger partial charge in [0.05, 0.1) is 30.3 Å². The highest BCUT2D eigenvalue weighted by Crippen LogP contribution is 2.32. The average Bonchev–Trinajstić information content (AvgIpc) is 2.82. The molecule has 2 aromatic carbocycles. The number of nitrogens with zero attached hydrogens (tertiary/aromatic N) is 3. The van der Waals surface area contributed by atoms with Gasteiger partial charge in [0.25, 0.3) is 0 Å². The summed E-state index contributed by atoms with van der Waals surface area (Å²) in [5, 5.41) is 18.0. The largest absolute Gasteiger partial charge is 0.465 e. The number of carbonyl (C=O) groups is 2. The van der Waals surface area contributed by atoms with Gasteiger partial charge in [0.1, 0.15) is 6.33 Å². The van der Waals surface area contributed by atoms with Gasteiger partial charge in [-0.2, -0.15) is 0 Å². The molecule has 0 aliphatic rings. The van der Waals surface area contributed by atoms with Crippen LogP contribution in [0, 0.1) is 10.1 Å². The first kappa shape index (κ1) is 23.4. The fourth-order valence-corrected chi connectivity index (χ4v) is 3.10. The zero-order valence-corrected chi connectivity index (χ0v) is 18.3. The predicted molar refractivity (Wildman–Crippen MR) is 120 cm³/mol. The molecule has 0 saturated carbocycles. The topological polar surface area (TPSA) is 146 Å². The first-order valence-electron chi connectivity index (χ1n) is 9.39. The van der Waals surface area contributed by atoms with Gasteiger partial charge in [-0.25, -0.2) is 19.6 Å². The number of nitrogens with one attached hydrogen (secondary N) is 2. The molecular weight excluding hydrogens is 454 g/mol. The van der Waals surface area contributed by atoms with Crippen LogP contribution in [0.1, 0.15) is 26.3 Å². The van der Waals surface area contributed by atoms with Crippen molar-refractivity contribution in [3.05, 3.63) is 80.6 Å². The molecular formula is C21H18ClN5O6. The normalized spacial score (nSPS) is 10.3. The molecule has 0 fully saturated rings. The van der Waals surface area contributed by atoms with Crippen molar-refractivity contribution < 1.29 is 24.0 Å². The van der Waals surface area contributed by atoms with Crippen molar-refractivity contribution in [3.8, 4) is 0 Å². The van der Waals surface area contributed by atoms with Crippen LogP contribution in [0.15, 0.2) is 48.8 Å². The van der Waals surface area contributed by atoms with Crippen LogP contribution in [-0.2, 0) is 16.0 Å². The predicted octanol–water partition coefficient (Wildman–Crippen LogP) is 3.97. The van der Waals surface area contributed by atoms with Gasteiger partial charge in [-0.3, -0.25) is 10.1 Å². The Morgan fingerprint density at radius 2 is 1.64 bits per heavy atom. The van der Waals surface area contributed by atoms with Crippen LogP contribution in [0.25, 0.3) is 0 Å². The number of carbonyl (C=O) groups excluding carboxylic acids is 2. The number of anilines is 3. The van der Waals surface area contributed by atoms with Crippen molar-refractivity contribution in [2.45, 2.75) is 6.54 Å². The lowest BCUT2D eigenvalue weighted by molar-refractivity contribution is -0.383. The van der Waals surface area contributed by atoms with Gasteiger partial charge in [0.15, 0.2) is 0 Å². The van der Waals surface area contributed by atoms with E-state index in [2.05, 4.69) is 20.6 Å². The lowest BCUT2D eigenvalue weighted by Gasteiger charge is -2.12. The highest BCUT2D eigenvalue weighted by molar-refractivity contribution is 6.31. The first-order chi connectivity index (χ1) is 15.8. The Labute approximate surface area is 192 Å². The number of benzene rings is 2. The van der Waals surface area contributed by atoms with E-state index in [1.54, 1.807) is 24.3 Å². The maximum absolute atomic E-state index is 12.0. The van der Waals surface area contributed by atoms with Gasteiger partial charge in [-0.1, -0.05) is 29.8 Å². The Balaban J connectivity index is 1.97. The molecule has 0 atom stereocenters. The molecule has 0 unspecified atom stereocenters. The number of halogens is 1. The number of hydrogen-bond donors (Lipinski definition) is 2. The van der Waals surface area contributed by atoms with Crippen LogP contribution in [0.4, 0.5) is 23.0 Å². The van der Waals surface area contributed by atoms with Gasteiger partial charge in [0.2, 0.25) is 11.6 Å². The molecule has 3 aromatic rings. The smallest absolute Gasteiger partial charge is 0.353 e. The van der Waals surface area contributed by atoms with E-state index in [0.29, 0.717) is 5.02 Å². The number of methoxy groups -OCH3 is 2. The quantitative estimate of drug-likeness (QED) is 0.281. The number of ether oxygens (including phenoxy) is 2. The minimum absolute atomic E-state index is 0.0386. The molecule has 0 amide bonds. The molecule has 1 heterocycles. The van der Waals surface area contributed by atoms with E-state index in [0.717, 1.165) is 11.9 Å². The van der Waals surface area contributed by atoms with E-state index in [1.807, 2.05) is 0 Å². The number of rotatable bonds is 8. The number of nitro groups is 1. The monoisotopic (exact) mass is 471 g/mol.